The highest BCUT2D eigenvalue weighted by atomic mass is 19.4. The van der Waals surface area contributed by atoms with Gasteiger partial charge in [-0.1, -0.05) is 24.3 Å². The standard InChI is InChI=1S/C28H27F3N6O4/c1-17(2)41-23-14-21-19(13-22(23)35-27(40)20-9-6-10-24(34-20)28(29,30)31)15-37(36-21)16-25(38)32-11-12-33-26(39)18-7-4-3-5-8-18/h3-10,13-15,17H,11-12,16H2,1-2H3,(H,32,38)(H,33,39)(H,35,40). The van der Waals surface area contributed by atoms with Gasteiger partial charge in [0.2, 0.25) is 5.91 Å². The molecule has 2 aromatic heterocycles. The number of pyridine rings is 1. The number of nitrogens with zero attached hydrogens (tertiary/aromatic N) is 3. The molecule has 0 saturated heterocycles. The highest BCUT2D eigenvalue weighted by Gasteiger charge is 2.33. The zero-order valence-corrected chi connectivity index (χ0v) is 22.2. The molecular formula is C28H27F3N6O4. The first-order valence-electron chi connectivity index (χ1n) is 12.6. The fraction of sp³-hybridized carbons (Fsp3) is 0.250. The quantitative estimate of drug-likeness (QED) is 0.248. The first-order chi connectivity index (χ1) is 19.5. The average molecular weight is 569 g/mol. The molecule has 0 spiro atoms. The lowest BCUT2D eigenvalue weighted by Crippen LogP contribution is -2.36. The Balaban J connectivity index is 1.42. The number of carbonyl (C=O) groups excluding carboxylic acids is 3. The SMILES string of the molecule is CC(C)Oc1cc2nn(CC(=O)NCCNC(=O)c3ccccc3)cc2cc1NC(=O)c1cccc(C(F)(F)F)n1. The summed E-state index contributed by atoms with van der Waals surface area (Å²) >= 11 is 0. The Hall–Kier alpha value is -4.94. The van der Waals surface area contributed by atoms with Gasteiger partial charge in [0.15, 0.2) is 0 Å². The van der Waals surface area contributed by atoms with Crippen LogP contribution in [0.5, 0.6) is 5.75 Å². The second-order valence-corrected chi connectivity index (χ2v) is 9.23. The molecule has 41 heavy (non-hydrogen) atoms. The van der Waals surface area contributed by atoms with Gasteiger partial charge in [0, 0.05) is 36.3 Å². The van der Waals surface area contributed by atoms with Gasteiger partial charge in [-0.15, -0.1) is 0 Å². The van der Waals surface area contributed by atoms with Gasteiger partial charge in [0.1, 0.15) is 23.7 Å². The van der Waals surface area contributed by atoms with Crippen LogP contribution in [0, 0.1) is 0 Å². The molecule has 4 aromatic rings. The first-order valence-corrected chi connectivity index (χ1v) is 12.6. The Kier molecular flexibility index (Phi) is 8.85. The van der Waals surface area contributed by atoms with Crippen molar-refractivity contribution < 1.29 is 32.3 Å². The fourth-order valence-electron chi connectivity index (χ4n) is 3.81. The molecule has 10 nitrogen and oxygen atoms in total. The van der Waals surface area contributed by atoms with E-state index >= 15 is 0 Å². The average Bonchev–Trinajstić information content (AvgIpc) is 3.31. The summed E-state index contributed by atoms with van der Waals surface area (Å²) < 4.78 is 46.3. The molecule has 0 radical (unpaired) electrons. The summed E-state index contributed by atoms with van der Waals surface area (Å²) in [5.74, 6) is -1.19. The van der Waals surface area contributed by atoms with Gasteiger partial charge in [-0.3, -0.25) is 19.1 Å². The van der Waals surface area contributed by atoms with Crippen molar-refractivity contribution in [1.29, 1.82) is 0 Å². The first kappa shape index (κ1) is 29.1. The molecule has 0 bridgehead atoms. The molecular weight excluding hydrogens is 541 g/mol. The van der Waals surface area contributed by atoms with E-state index < -0.39 is 23.5 Å². The van der Waals surface area contributed by atoms with Crippen molar-refractivity contribution >= 4 is 34.3 Å². The molecule has 3 N–H and O–H groups in total. The van der Waals surface area contributed by atoms with E-state index in [0.717, 1.165) is 12.1 Å². The van der Waals surface area contributed by atoms with Crippen LogP contribution in [0.2, 0.25) is 0 Å². The number of hydrogen-bond donors (Lipinski definition) is 3. The lowest BCUT2D eigenvalue weighted by Gasteiger charge is -2.15. The van der Waals surface area contributed by atoms with Crippen LogP contribution >= 0.6 is 0 Å². The van der Waals surface area contributed by atoms with Gasteiger partial charge in [-0.2, -0.15) is 18.3 Å². The van der Waals surface area contributed by atoms with E-state index in [-0.39, 0.29) is 49.0 Å². The minimum Gasteiger partial charge on any atom is -0.489 e. The number of alkyl halides is 3. The third kappa shape index (κ3) is 7.81. The maximum absolute atomic E-state index is 13.0. The molecule has 0 aliphatic rings. The summed E-state index contributed by atoms with van der Waals surface area (Å²) in [4.78, 5) is 40.7. The number of halogens is 3. The number of amides is 3. The Morgan fingerprint density at radius 2 is 1.68 bits per heavy atom. The summed E-state index contributed by atoms with van der Waals surface area (Å²) in [5, 5.41) is 12.9. The number of rotatable bonds is 10. The number of nitrogens with one attached hydrogen (secondary N) is 3. The van der Waals surface area contributed by atoms with Crippen LogP contribution in [0.3, 0.4) is 0 Å². The topological polar surface area (TPSA) is 127 Å². The zero-order chi connectivity index (χ0) is 29.6. The van der Waals surface area contributed by atoms with Crippen molar-refractivity contribution in [3.8, 4) is 5.75 Å². The summed E-state index contributed by atoms with van der Waals surface area (Å²) in [5.41, 5.74) is -0.406. The molecule has 0 fully saturated rings. The molecule has 4 rings (SSSR count). The molecule has 0 aliphatic heterocycles. The Morgan fingerprint density at radius 3 is 2.39 bits per heavy atom. The largest absolute Gasteiger partial charge is 0.489 e. The number of aromatic nitrogens is 3. The van der Waals surface area contributed by atoms with E-state index in [0.29, 0.717) is 16.5 Å². The summed E-state index contributed by atoms with van der Waals surface area (Å²) in [6.45, 7) is 3.88. The third-order valence-electron chi connectivity index (χ3n) is 5.61. The lowest BCUT2D eigenvalue weighted by molar-refractivity contribution is -0.141. The van der Waals surface area contributed by atoms with Crippen molar-refractivity contribution in [3.05, 3.63) is 83.8 Å². The Morgan fingerprint density at radius 1 is 0.951 bits per heavy atom. The van der Waals surface area contributed by atoms with Crippen LogP contribution in [0.1, 0.15) is 40.4 Å². The fourth-order valence-corrected chi connectivity index (χ4v) is 3.81. The number of hydrogen-bond acceptors (Lipinski definition) is 6. The minimum atomic E-state index is -4.70. The number of anilines is 1. The normalized spacial score (nSPS) is 11.4. The number of ether oxygens (including phenoxy) is 1. The summed E-state index contributed by atoms with van der Waals surface area (Å²) in [6, 6.07) is 14.9. The van der Waals surface area contributed by atoms with E-state index in [9.17, 15) is 27.6 Å². The third-order valence-corrected chi connectivity index (χ3v) is 5.61. The number of carbonyl (C=O) groups is 3. The predicted molar refractivity (Wildman–Crippen MR) is 144 cm³/mol. The predicted octanol–water partition coefficient (Wildman–Crippen LogP) is 4.04. The van der Waals surface area contributed by atoms with Gasteiger partial charge in [0.05, 0.1) is 17.3 Å². The van der Waals surface area contributed by atoms with Crippen molar-refractivity contribution in [2.24, 2.45) is 0 Å². The summed E-state index contributed by atoms with van der Waals surface area (Å²) in [7, 11) is 0. The Labute approximate surface area is 232 Å². The second kappa shape index (κ2) is 12.5. The highest BCUT2D eigenvalue weighted by molar-refractivity contribution is 6.05. The number of fused-ring (bicyclic) bond motifs is 1. The molecule has 2 heterocycles. The van der Waals surface area contributed by atoms with Gasteiger partial charge in [-0.05, 0) is 44.2 Å². The lowest BCUT2D eigenvalue weighted by atomic mass is 10.2. The molecule has 214 valence electrons. The number of benzene rings is 2. The van der Waals surface area contributed by atoms with Crippen LogP contribution in [-0.2, 0) is 17.5 Å². The molecule has 3 amide bonds. The molecule has 13 heteroatoms. The van der Waals surface area contributed by atoms with Crippen LogP contribution in [0.4, 0.5) is 18.9 Å². The smallest absolute Gasteiger partial charge is 0.433 e. The van der Waals surface area contributed by atoms with Gasteiger partial charge < -0.3 is 20.7 Å². The van der Waals surface area contributed by atoms with Crippen LogP contribution in [0.15, 0.2) is 66.9 Å². The molecule has 2 aromatic carbocycles. The van der Waals surface area contributed by atoms with Crippen molar-refractivity contribution in [2.45, 2.75) is 32.7 Å². The molecule has 0 atom stereocenters. The highest BCUT2D eigenvalue weighted by Crippen LogP contribution is 2.32. The molecule has 0 saturated carbocycles. The molecule has 0 aliphatic carbocycles. The van der Waals surface area contributed by atoms with Crippen molar-refractivity contribution in [3.63, 3.8) is 0 Å². The van der Waals surface area contributed by atoms with Crippen LogP contribution in [0.25, 0.3) is 10.9 Å². The van der Waals surface area contributed by atoms with Crippen LogP contribution < -0.4 is 20.7 Å². The zero-order valence-electron chi connectivity index (χ0n) is 22.2. The van der Waals surface area contributed by atoms with E-state index in [1.165, 1.54) is 10.7 Å². The van der Waals surface area contributed by atoms with Gasteiger partial charge in [-0.25, -0.2) is 4.98 Å². The van der Waals surface area contributed by atoms with E-state index in [1.54, 1.807) is 56.4 Å². The van der Waals surface area contributed by atoms with Gasteiger partial charge in [0.25, 0.3) is 11.8 Å². The van der Waals surface area contributed by atoms with Gasteiger partial charge >= 0.3 is 6.18 Å². The van der Waals surface area contributed by atoms with E-state index in [4.69, 9.17) is 4.74 Å². The van der Waals surface area contributed by atoms with Crippen LogP contribution in [-0.4, -0.2) is 51.7 Å². The minimum absolute atomic E-state index is 0.114. The summed E-state index contributed by atoms with van der Waals surface area (Å²) in [6.07, 6.45) is -3.40. The van der Waals surface area contributed by atoms with E-state index in [2.05, 4.69) is 26.0 Å². The van der Waals surface area contributed by atoms with Crippen molar-refractivity contribution in [1.82, 2.24) is 25.4 Å². The second-order valence-electron chi connectivity index (χ2n) is 9.23. The maximum atomic E-state index is 13.0. The monoisotopic (exact) mass is 568 g/mol. The maximum Gasteiger partial charge on any atom is 0.433 e. The Bertz CT molecular complexity index is 1550. The molecule has 0 unspecified atom stereocenters. The van der Waals surface area contributed by atoms with E-state index in [1.807, 2.05) is 6.07 Å². The van der Waals surface area contributed by atoms with Crippen molar-refractivity contribution in [2.75, 3.05) is 18.4 Å².